The summed E-state index contributed by atoms with van der Waals surface area (Å²) in [6.45, 7) is 13.8. The van der Waals surface area contributed by atoms with Crippen molar-refractivity contribution in [2.24, 2.45) is 7.05 Å². The third-order valence-corrected chi connectivity index (χ3v) is 7.41. The monoisotopic (exact) mass is 348 g/mol. The molecule has 25 heavy (non-hydrogen) atoms. The first-order chi connectivity index (χ1) is 11.7. The Morgan fingerprint density at radius 2 is 1.72 bits per heavy atom. The minimum Gasteiger partial charge on any atom is -0.450 e. The number of fused-ring (bicyclic) bond motifs is 2. The van der Waals surface area contributed by atoms with Crippen molar-refractivity contribution in [3.63, 3.8) is 0 Å². The molecule has 0 aliphatic carbocycles. The van der Waals surface area contributed by atoms with E-state index in [-0.39, 0.29) is 0 Å². The van der Waals surface area contributed by atoms with Crippen molar-refractivity contribution in [2.45, 2.75) is 40.4 Å². The molecule has 4 rings (SSSR count). The van der Waals surface area contributed by atoms with Gasteiger partial charge in [0, 0.05) is 11.5 Å². The van der Waals surface area contributed by atoms with E-state index in [0.29, 0.717) is 0 Å². The molecule has 2 aromatic carbocycles. The summed E-state index contributed by atoms with van der Waals surface area (Å²) in [4.78, 5) is 0. The van der Waals surface area contributed by atoms with Gasteiger partial charge < -0.3 is 4.74 Å². The minimum absolute atomic E-state index is 1.01. The third-order valence-electron chi connectivity index (χ3n) is 5.40. The fourth-order valence-electron chi connectivity index (χ4n) is 3.98. The Kier molecular flexibility index (Phi) is 3.39. The van der Waals surface area contributed by atoms with E-state index in [1.807, 2.05) is 0 Å². The van der Waals surface area contributed by atoms with Crippen molar-refractivity contribution in [1.29, 1.82) is 0 Å². The molecule has 0 radical (unpaired) electrons. The highest BCUT2D eigenvalue weighted by atomic mass is 28.3. The lowest BCUT2D eigenvalue weighted by molar-refractivity contribution is -0.660. The standard InChI is InChI=1S/C22H26NOSi/c1-13-10-16-12-14(2)15(3)19-20(16)17(11-13)24-22-18(25(5,6)7)8-9-23(4)21(19)22/h8-12H,1-7H3/q+1. The number of nitrogens with zero attached hydrogens (tertiary/aromatic N) is 1. The number of aromatic nitrogens is 1. The van der Waals surface area contributed by atoms with E-state index in [4.69, 9.17) is 4.74 Å². The van der Waals surface area contributed by atoms with Crippen molar-refractivity contribution in [1.82, 2.24) is 0 Å². The average molecular weight is 349 g/mol. The largest absolute Gasteiger partial charge is 0.450 e. The first-order valence-electron chi connectivity index (χ1n) is 8.94. The lowest BCUT2D eigenvalue weighted by Gasteiger charge is -2.27. The molecule has 3 heteroatoms. The van der Waals surface area contributed by atoms with Crippen molar-refractivity contribution < 1.29 is 9.30 Å². The van der Waals surface area contributed by atoms with E-state index < -0.39 is 8.07 Å². The summed E-state index contributed by atoms with van der Waals surface area (Å²) in [6.07, 6.45) is 2.20. The van der Waals surface area contributed by atoms with Gasteiger partial charge in [0.25, 0.3) is 5.69 Å². The number of aryl methyl sites for hydroxylation is 3. The summed E-state index contributed by atoms with van der Waals surface area (Å²) in [5.74, 6) is 2.07. The Morgan fingerprint density at radius 3 is 2.40 bits per heavy atom. The molecule has 0 N–H and O–H groups in total. The number of rotatable bonds is 1. The van der Waals surface area contributed by atoms with E-state index in [9.17, 15) is 0 Å². The minimum atomic E-state index is -1.52. The molecule has 0 fully saturated rings. The summed E-state index contributed by atoms with van der Waals surface area (Å²) in [5, 5.41) is 3.92. The molecule has 1 aromatic heterocycles. The Balaban J connectivity index is 2.23. The summed E-state index contributed by atoms with van der Waals surface area (Å²) in [5.41, 5.74) is 6.50. The molecule has 3 aromatic rings. The second kappa shape index (κ2) is 5.18. The van der Waals surface area contributed by atoms with Crippen molar-refractivity contribution in [3.8, 4) is 22.8 Å². The van der Waals surface area contributed by atoms with Gasteiger partial charge in [-0.25, -0.2) is 0 Å². The second-order valence-electron chi connectivity index (χ2n) is 8.42. The van der Waals surface area contributed by atoms with Gasteiger partial charge in [-0.2, -0.15) is 4.57 Å². The van der Waals surface area contributed by atoms with Crippen molar-refractivity contribution in [3.05, 3.63) is 47.2 Å². The second-order valence-corrected chi connectivity index (χ2v) is 13.5. The molecule has 0 saturated heterocycles. The molecular formula is C22H26NOSi+. The van der Waals surface area contributed by atoms with E-state index >= 15 is 0 Å². The Hall–Kier alpha value is -2.13. The molecule has 0 amide bonds. The molecule has 0 atom stereocenters. The maximum absolute atomic E-state index is 6.58. The number of benzene rings is 2. The van der Waals surface area contributed by atoms with Gasteiger partial charge in [-0.05, 0) is 54.1 Å². The van der Waals surface area contributed by atoms with Gasteiger partial charge in [0.1, 0.15) is 12.8 Å². The van der Waals surface area contributed by atoms with Crippen LogP contribution in [0.25, 0.3) is 22.0 Å². The SMILES string of the molecule is Cc1cc2c3c(c(C)c(C)cc3c1)-c1c(c([Si](C)(C)C)cc[n+]1C)O2. The maximum atomic E-state index is 6.58. The zero-order valence-electron chi connectivity index (χ0n) is 16.2. The highest BCUT2D eigenvalue weighted by Crippen LogP contribution is 2.47. The molecule has 128 valence electrons. The highest BCUT2D eigenvalue weighted by molar-refractivity contribution is 6.89. The zero-order chi connectivity index (χ0) is 18.1. The van der Waals surface area contributed by atoms with Crippen LogP contribution in [0.1, 0.15) is 16.7 Å². The van der Waals surface area contributed by atoms with Crippen LogP contribution in [0.2, 0.25) is 19.6 Å². The molecule has 2 nitrogen and oxygen atoms in total. The molecule has 0 spiro atoms. The van der Waals surface area contributed by atoms with Crippen LogP contribution in [0.3, 0.4) is 0 Å². The highest BCUT2D eigenvalue weighted by Gasteiger charge is 2.35. The van der Waals surface area contributed by atoms with Crippen LogP contribution in [-0.2, 0) is 7.05 Å². The molecular weight excluding hydrogens is 322 g/mol. The van der Waals surface area contributed by atoms with Crippen LogP contribution < -0.4 is 14.5 Å². The molecule has 0 bridgehead atoms. The number of hydrogen-bond donors (Lipinski definition) is 0. The molecule has 0 unspecified atom stereocenters. The van der Waals surface area contributed by atoms with Gasteiger partial charge in [-0.1, -0.05) is 31.8 Å². The van der Waals surface area contributed by atoms with Crippen LogP contribution in [0.15, 0.2) is 30.5 Å². The van der Waals surface area contributed by atoms with E-state index in [2.05, 4.69) is 82.5 Å². The molecule has 0 saturated carbocycles. The first kappa shape index (κ1) is 16.3. The maximum Gasteiger partial charge on any atom is 0.256 e. The smallest absolute Gasteiger partial charge is 0.256 e. The average Bonchev–Trinajstić information content (AvgIpc) is 2.50. The normalized spacial score (nSPS) is 12.9. The van der Waals surface area contributed by atoms with Crippen LogP contribution >= 0.6 is 0 Å². The third kappa shape index (κ3) is 2.33. The summed E-state index contributed by atoms with van der Waals surface area (Å²) < 4.78 is 8.80. The van der Waals surface area contributed by atoms with Gasteiger partial charge in [0.15, 0.2) is 11.9 Å². The van der Waals surface area contributed by atoms with Gasteiger partial charge in [0.2, 0.25) is 0 Å². The number of ether oxygens (including phenoxy) is 1. The van der Waals surface area contributed by atoms with Gasteiger partial charge in [-0.3, -0.25) is 0 Å². The molecule has 1 aliphatic heterocycles. The first-order valence-corrected chi connectivity index (χ1v) is 12.4. The number of hydrogen-bond acceptors (Lipinski definition) is 1. The summed E-state index contributed by atoms with van der Waals surface area (Å²) in [7, 11) is 0.605. The van der Waals surface area contributed by atoms with Crippen LogP contribution in [0, 0.1) is 20.8 Å². The quantitative estimate of drug-likeness (QED) is 0.352. The van der Waals surface area contributed by atoms with Crippen LogP contribution in [0.5, 0.6) is 11.5 Å². The zero-order valence-corrected chi connectivity index (χ0v) is 17.2. The summed E-state index contributed by atoms with van der Waals surface area (Å²) in [6, 6.07) is 9.01. The van der Waals surface area contributed by atoms with Gasteiger partial charge in [0.05, 0.1) is 13.6 Å². The van der Waals surface area contributed by atoms with E-state index in [0.717, 1.165) is 11.5 Å². The number of pyridine rings is 1. The Bertz CT molecular complexity index is 1040. The van der Waals surface area contributed by atoms with Crippen LogP contribution in [-0.4, -0.2) is 8.07 Å². The lowest BCUT2D eigenvalue weighted by atomic mass is 9.90. The predicted molar refractivity (Wildman–Crippen MR) is 108 cm³/mol. The molecule has 2 heterocycles. The van der Waals surface area contributed by atoms with E-state index in [1.54, 1.807) is 0 Å². The van der Waals surface area contributed by atoms with E-state index in [1.165, 1.54) is 43.9 Å². The fourth-order valence-corrected chi connectivity index (χ4v) is 5.41. The van der Waals surface area contributed by atoms with Crippen molar-refractivity contribution >= 4 is 24.0 Å². The van der Waals surface area contributed by atoms with Crippen LogP contribution in [0.4, 0.5) is 0 Å². The van der Waals surface area contributed by atoms with Crippen molar-refractivity contribution in [2.75, 3.05) is 0 Å². The predicted octanol–water partition coefficient (Wildman–Crippen LogP) is 4.91. The Labute approximate surface area is 151 Å². The molecule has 1 aliphatic rings. The lowest BCUT2D eigenvalue weighted by Crippen LogP contribution is -2.43. The van der Waals surface area contributed by atoms with Gasteiger partial charge in [-0.15, -0.1) is 0 Å². The van der Waals surface area contributed by atoms with Gasteiger partial charge >= 0.3 is 0 Å². The summed E-state index contributed by atoms with van der Waals surface area (Å²) >= 11 is 0. The fraction of sp³-hybridized carbons (Fsp3) is 0.318. The Morgan fingerprint density at radius 1 is 1.00 bits per heavy atom. The topological polar surface area (TPSA) is 13.1 Å².